The van der Waals surface area contributed by atoms with Gasteiger partial charge < -0.3 is 15.5 Å². The Bertz CT molecular complexity index is 1100. The molecule has 3 aromatic rings. The average molecular weight is 366 g/mol. The van der Waals surface area contributed by atoms with E-state index in [9.17, 15) is 9.59 Å². The van der Waals surface area contributed by atoms with Crippen molar-refractivity contribution in [1.29, 1.82) is 5.41 Å². The molecule has 1 aliphatic carbocycles. The van der Waals surface area contributed by atoms with Crippen LogP contribution in [0.15, 0.2) is 39.5 Å². The number of nitrogens with zero attached hydrogens (tertiary/aromatic N) is 1. The van der Waals surface area contributed by atoms with Gasteiger partial charge >= 0.3 is 0 Å². The number of carbonyl (C=O) groups excluding carboxylic acids is 1. The molecule has 1 aromatic carbocycles. The smallest absolute Gasteiger partial charge is 0.229 e. The molecule has 6 N–H and O–H groups in total. The van der Waals surface area contributed by atoms with E-state index in [0.29, 0.717) is 28.3 Å². The van der Waals surface area contributed by atoms with Gasteiger partial charge in [0.05, 0.1) is 11.8 Å². The van der Waals surface area contributed by atoms with Crippen LogP contribution >= 0.6 is 0 Å². The molecule has 1 saturated carbocycles. The number of hydrogen-bond donors (Lipinski definition) is 5. The highest BCUT2D eigenvalue weighted by Crippen LogP contribution is 2.39. The quantitative estimate of drug-likeness (QED) is 0.344. The summed E-state index contributed by atoms with van der Waals surface area (Å²) in [7, 11) is 0. The van der Waals surface area contributed by atoms with Gasteiger partial charge in [0.15, 0.2) is 17.2 Å². The van der Waals surface area contributed by atoms with Crippen molar-refractivity contribution in [3.05, 3.63) is 51.8 Å². The molecule has 0 saturated heterocycles. The second-order valence-corrected chi connectivity index (χ2v) is 6.55. The van der Waals surface area contributed by atoms with Gasteiger partial charge in [0.25, 0.3) is 0 Å². The van der Waals surface area contributed by atoms with Crippen LogP contribution in [0.25, 0.3) is 11.0 Å². The van der Waals surface area contributed by atoms with Crippen LogP contribution in [0.2, 0.25) is 0 Å². The summed E-state index contributed by atoms with van der Waals surface area (Å²) in [5.74, 6) is 0.583. The number of aromatic nitrogens is 2. The highest BCUT2D eigenvalue weighted by atomic mass is 16.3. The summed E-state index contributed by atoms with van der Waals surface area (Å²) in [6, 6.07) is 8.02. The molecule has 0 bridgehead atoms. The zero-order chi connectivity index (χ0) is 19.0. The van der Waals surface area contributed by atoms with Crippen LogP contribution in [0.3, 0.4) is 0 Å². The number of hydrogen-bond acceptors (Lipinski definition) is 5. The van der Waals surface area contributed by atoms with Gasteiger partial charge in [-0.3, -0.25) is 25.4 Å². The number of carbonyl (C=O) groups is 1. The lowest BCUT2D eigenvalue weighted by Gasteiger charge is -2.06. The van der Waals surface area contributed by atoms with E-state index in [4.69, 9.17) is 15.6 Å². The first kappa shape index (κ1) is 16.8. The summed E-state index contributed by atoms with van der Waals surface area (Å²) in [6.45, 7) is 0. The van der Waals surface area contributed by atoms with Crippen molar-refractivity contribution in [2.24, 2.45) is 5.73 Å². The van der Waals surface area contributed by atoms with Crippen LogP contribution in [0.5, 0.6) is 0 Å². The predicted molar refractivity (Wildman–Crippen MR) is 101 cm³/mol. The van der Waals surface area contributed by atoms with Gasteiger partial charge in [0.2, 0.25) is 11.8 Å². The zero-order valence-electron chi connectivity index (χ0n) is 14.3. The first-order chi connectivity index (χ1) is 13.0. The largest absolute Gasteiger partial charge is 0.440 e. The SMILES string of the molecule is N=C(N)Nc1cc(=O)c2cc(CC(=O)Nc3cc(C4CC4)[nH]n3)ccc2o1. The van der Waals surface area contributed by atoms with E-state index in [2.05, 4.69) is 20.8 Å². The maximum atomic E-state index is 12.3. The number of benzene rings is 1. The molecule has 0 aliphatic heterocycles. The standard InChI is InChI=1S/C18H18N6O3/c19-18(20)22-17-8-13(25)11-5-9(1-4-14(11)27-17)6-16(26)21-15-7-12(23-24-15)10-2-3-10/h1,4-5,7-8,10H,2-3,6H2,(H4,19,20,22)(H2,21,23,24,26). The Kier molecular flexibility index (Phi) is 4.11. The molecule has 27 heavy (non-hydrogen) atoms. The molecule has 0 unspecified atom stereocenters. The van der Waals surface area contributed by atoms with Gasteiger partial charge in [-0.25, -0.2) is 0 Å². The lowest BCUT2D eigenvalue weighted by atomic mass is 10.1. The van der Waals surface area contributed by atoms with Crippen LogP contribution in [0.4, 0.5) is 11.7 Å². The predicted octanol–water partition coefficient (Wildman–Crippen LogP) is 1.88. The number of nitrogens with one attached hydrogen (secondary N) is 4. The number of fused-ring (bicyclic) bond motifs is 1. The van der Waals surface area contributed by atoms with Crippen LogP contribution in [-0.2, 0) is 11.2 Å². The van der Waals surface area contributed by atoms with Crippen molar-refractivity contribution in [1.82, 2.24) is 10.2 Å². The highest BCUT2D eigenvalue weighted by Gasteiger charge is 2.25. The fourth-order valence-corrected chi connectivity index (χ4v) is 2.88. The van der Waals surface area contributed by atoms with E-state index in [1.54, 1.807) is 18.2 Å². The zero-order valence-corrected chi connectivity index (χ0v) is 14.3. The molecular formula is C18H18N6O3. The molecule has 0 spiro atoms. The monoisotopic (exact) mass is 366 g/mol. The average Bonchev–Trinajstić information content (AvgIpc) is 3.35. The van der Waals surface area contributed by atoms with E-state index in [1.807, 2.05) is 6.07 Å². The Morgan fingerprint density at radius 2 is 2.11 bits per heavy atom. The van der Waals surface area contributed by atoms with E-state index in [0.717, 1.165) is 18.5 Å². The van der Waals surface area contributed by atoms with Crippen molar-refractivity contribution in [3.63, 3.8) is 0 Å². The molecule has 9 nitrogen and oxygen atoms in total. The van der Waals surface area contributed by atoms with Gasteiger partial charge in [0, 0.05) is 23.7 Å². The van der Waals surface area contributed by atoms with Crippen molar-refractivity contribution in [2.45, 2.75) is 25.2 Å². The Morgan fingerprint density at radius 3 is 2.85 bits per heavy atom. The van der Waals surface area contributed by atoms with Crippen molar-refractivity contribution >= 4 is 34.5 Å². The number of guanidine groups is 1. The van der Waals surface area contributed by atoms with E-state index in [-0.39, 0.29) is 29.6 Å². The first-order valence-corrected chi connectivity index (χ1v) is 8.51. The molecule has 4 rings (SSSR count). The topological polar surface area (TPSA) is 150 Å². The Hall–Kier alpha value is -3.62. The number of nitrogens with two attached hydrogens (primary N) is 1. The molecule has 2 heterocycles. The summed E-state index contributed by atoms with van der Waals surface area (Å²) in [5, 5.41) is 19.8. The third-order valence-electron chi connectivity index (χ3n) is 4.30. The Morgan fingerprint density at radius 1 is 1.30 bits per heavy atom. The number of rotatable bonds is 5. The number of amides is 1. The number of anilines is 2. The van der Waals surface area contributed by atoms with Gasteiger partial charge in [-0.05, 0) is 30.5 Å². The van der Waals surface area contributed by atoms with E-state index < -0.39 is 0 Å². The summed E-state index contributed by atoms with van der Waals surface area (Å²) >= 11 is 0. The van der Waals surface area contributed by atoms with Gasteiger partial charge in [-0.2, -0.15) is 5.10 Å². The molecule has 1 amide bonds. The van der Waals surface area contributed by atoms with Gasteiger partial charge in [-0.1, -0.05) is 6.07 Å². The minimum absolute atomic E-state index is 0.0930. The minimum atomic E-state index is -0.325. The summed E-state index contributed by atoms with van der Waals surface area (Å²) in [6.07, 6.45) is 2.41. The number of aromatic amines is 1. The molecule has 1 aliphatic rings. The third-order valence-corrected chi connectivity index (χ3v) is 4.30. The maximum absolute atomic E-state index is 12.3. The van der Waals surface area contributed by atoms with Crippen LogP contribution in [0, 0.1) is 5.41 Å². The second kappa shape index (κ2) is 6.60. The molecule has 9 heteroatoms. The molecular weight excluding hydrogens is 348 g/mol. The molecule has 2 aromatic heterocycles. The fourth-order valence-electron chi connectivity index (χ4n) is 2.88. The lowest BCUT2D eigenvalue weighted by molar-refractivity contribution is -0.115. The molecule has 138 valence electrons. The van der Waals surface area contributed by atoms with Gasteiger partial charge in [-0.15, -0.1) is 0 Å². The molecule has 0 atom stereocenters. The van der Waals surface area contributed by atoms with E-state index >= 15 is 0 Å². The summed E-state index contributed by atoms with van der Waals surface area (Å²) in [4.78, 5) is 24.5. The first-order valence-electron chi connectivity index (χ1n) is 8.51. The molecule has 0 radical (unpaired) electrons. The van der Waals surface area contributed by atoms with E-state index in [1.165, 1.54) is 6.07 Å². The van der Waals surface area contributed by atoms with Gasteiger partial charge in [0.1, 0.15) is 5.58 Å². The second-order valence-electron chi connectivity index (χ2n) is 6.55. The van der Waals surface area contributed by atoms with Crippen LogP contribution in [-0.4, -0.2) is 22.1 Å². The molecule has 1 fully saturated rings. The van der Waals surface area contributed by atoms with Crippen LogP contribution in [0.1, 0.15) is 30.0 Å². The fraction of sp³-hybridized carbons (Fsp3) is 0.222. The Balaban J connectivity index is 1.49. The Labute approximate surface area is 153 Å². The van der Waals surface area contributed by atoms with Crippen molar-refractivity contribution in [3.8, 4) is 0 Å². The normalized spacial score (nSPS) is 13.5. The van der Waals surface area contributed by atoms with Crippen molar-refractivity contribution in [2.75, 3.05) is 10.6 Å². The minimum Gasteiger partial charge on any atom is -0.440 e. The third kappa shape index (κ3) is 3.81. The highest BCUT2D eigenvalue weighted by molar-refractivity contribution is 5.92. The van der Waals surface area contributed by atoms with Crippen molar-refractivity contribution < 1.29 is 9.21 Å². The maximum Gasteiger partial charge on any atom is 0.229 e. The number of H-pyrrole nitrogens is 1. The lowest BCUT2D eigenvalue weighted by Crippen LogP contribution is -2.21. The summed E-state index contributed by atoms with van der Waals surface area (Å²) in [5.41, 5.74) is 7.02. The summed E-state index contributed by atoms with van der Waals surface area (Å²) < 4.78 is 5.49. The van der Waals surface area contributed by atoms with Crippen LogP contribution < -0.4 is 21.8 Å².